The average molecular weight is 267 g/mol. The number of nitrogens with zero attached hydrogens (tertiary/aromatic N) is 2. The van der Waals surface area contributed by atoms with Gasteiger partial charge in [0.25, 0.3) is 0 Å². The Hall–Kier alpha value is -0.810. The molecule has 1 aliphatic heterocycles. The standard InChI is InChI=1S/C13H21N3OS/c1-2-5-16-6-3-15-13(16)9-12(17)8-11-10-18-7-4-14-11/h3,6,11,14H,2,4-5,7-10H2,1H3. The fourth-order valence-electron chi connectivity index (χ4n) is 2.23. The lowest BCUT2D eigenvalue weighted by Crippen LogP contribution is -2.39. The molecular formula is C13H21N3OS. The van der Waals surface area contributed by atoms with E-state index in [-0.39, 0.29) is 0 Å². The summed E-state index contributed by atoms with van der Waals surface area (Å²) in [6.07, 6.45) is 5.91. The summed E-state index contributed by atoms with van der Waals surface area (Å²) in [6.45, 7) is 4.10. The number of ketones is 1. The number of imidazole rings is 1. The van der Waals surface area contributed by atoms with Gasteiger partial charge >= 0.3 is 0 Å². The third-order valence-corrected chi connectivity index (χ3v) is 4.22. The van der Waals surface area contributed by atoms with Gasteiger partial charge in [-0.1, -0.05) is 6.92 Å². The van der Waals surface area contributed by atoms with Crippen molar-refractivity contribution in [2.45, 2.75) is 38.8 Å². The molecule has 100 valence electrons. The van der Waals surface area contributed by atoms with Crippen LogP contribution in [-0.2, 0) is 17.8 Å². The fourth-order valence-corrected chi connectivity index (χ4v) is 3.17. The van der Waals surface area contributed by atoms with Crippen LogP contribution in [0.3, 0.4) is 0 Å². The van der Waals surface area contributed by atoms with Crippen molar-refractivity contribution >= 4 is 17.5 Å². The zero-order valence-corrected chi connectivity index (χ0v) is 11.7. The Kier molecular flexibility index (Phi) is 5.26. The molecule has 4 nitrogen and oxygen atoms in total. The quantitative estimate of drug-likeness (QED) is 0.848. The molecule has 1 aromatic heterocycles. The third kappa shape index (κ3) is 3.85. The van der Waals surface area contributed by atoms with Crippen LogP contribution in [0.15, 0.2) is 12.4 Å². The van der Waals surface area contributed by atoms with E-state index in [0.717, 1.165) is 36.8 Å². The van der Waals surface area contributed by atoms with Crippen LogP contribution in [0, 0.1) is 0 Å². The molecule has 0 aromatic carbocycles. The number of carbonyl (C=O) groups excluding carboxylic acids is 1. The van der Waals surface area contributed by atoms with Crippen LogP contribution in [0.4, 0.5) is 0 Å². The predicted octanol–water partition coefficient (Wildman–Crippen LogP) is 1.50. The highest BCUT2D eigenvalue weighted by atomic mass is 32.2. The molecule has 2 heterocycles. The number of nitrogens with one attached hydrogen (secondary N) is 1. The Morgan fingerprint density at radius 2 is 2.56 bits per heavy atom. The highest BCUT2D eigenvalue weighted by Crippen LogP contribution is 2.12. The Bertz CT molecular complexity index is 385. The van der Waals surface area contributed by atoms with Crippen LogP contribution in [0.25, 0.3) is 0 Å². The number of aromatic nitrogens is 2. The van der Waals surface area contributed by atoms with E-state index in [2.05, 4.69) is 21.8 Å². The maximum absolute atomic E-state index is 12.0. The molecule has 5 heteroatoms. The Morgan fingerprint density at radius 1 is 1.67 bits per heavy atom. The monoisotopic (exact) mass is 267 g/mol. The lowest BCUT2D eigenvalue weighted by molar-refractivity contribution is -0.118. The molecule has 0 aliphatic carbocycles. The van der Waals surface area contributed by atoms with Crippen molar-refractivity contribution in [1.82, 2.24) is 14.9 Å². The average Bonchev–Trinajstić information content (AvgIpc) is 2.78. The molecule has 1 N–H and O–H groups in total. The van der Waals surface area contributed by atoms with Crippen molar-refractivity contribution < 1.29 is 4.79 Å². The minimum Gasteiger partial charge on any atom is -0.335 e. The summed E-state index contributed by atoms with van der Waals surface area (Å²) in [5, 5.41) is 3.40. The first-order chi connectivity index (χ1) is 8.79. The Labute approximate surface area is 113 Å². The number of carbonyl (C=O) groups is 1. The lowest BCUT2D eigenvalue weighted by Gasteiger charge is -2.22. The van der Waals surface area contributed by atoms with Gasteiger partial charge in [0.15, 0.2) is 0 Å². The summed E-state index contributed by atoms with van der Waals surface area (Å²) in [5.74, 6) is 3.41. The molecule has 2 rings (SSSR count). The predicted molar refractivity (Wildman–Crippen MR) is 75.0 cm³/mol. The Balaban J connectivity index is 1.84. The number of hydrogen-bond acceptors (Lipinski definition) is 4. The van der Waals surface area contributed by atoms with Gasteiger partial charge in [0.2, 0.25) is 0 Å². The van der Waals surface area contributed by atoms with Crippen LogP contribution < -0.4 is 5.32 Å². The summed E-state index contributed by atoms with van der Waals surface area (Å²) >= 11 is 1.93. The smallest absolute Gasteiger partial charge is 0.141 e. The van der Waals surface area contributed by atoms with Gasteiger partial charge in [0, 0.05) is 49.5 Å². The van der Waals surface area contributed by atoms with E-state index < -0.39 is 0 Å². The van der Waals surface area contributed by atoms with Gasteiger partial charge in [-0.2, -0.15) is 11.8 Å². The van der Waals surface area contributed by atoms with Crippen molar-refractivity contribution in [1.29, 1.82) is 0 Å². The van der Waals surface area contributed by atoms with Gasteiger partial charge in [-0.05, 0) is 6.42 Å². The Morgan fingerprint density at radius 3 is 3.28 bits per heavy atom. The molecular weight excluding hydrogens is 246 g/mol. The molecule has 0 amide bonds. The van der Waals surface area contributed by atoms with Crippen LogP contribution in [0.5, 0.6) is 0 Å². The molecule has 1 fully saturated rings. The zero-order chi connectivity index (χ0) is 12.8. The molecule has 1 saturated heterocycles. The van der Waals surface area contributed by atoms with E-state index in [9.17, 15) is 4.79 Å². The van der Waals surface area contributed by atoms with Gasteiger partial charge in [-0.25, -0.2) is 4.98 Å². The maximum atomic E-state index is 12.0. The first-order valence-electron chi connectivity index (χ1n) is 6.62. The summed E-state index contributed by atoms with van der Waals surface area (Å²) in [4.78, 5) is 16.3. The van der Waals surface area contributed by atoms with E-state index in [1.54, 1.807) is 6.20 Å². The zero-order valence-electron chi connectivity index (χ0n) is 10.9. The van der Waals surface area contributed by atoms with Crippen LogP contribution in [0.1, 0.15) is 25.6 Å². The maximum Gasteiger partial charge on any atom is 0.141 e. The molecule has 0 saturated carbocycles. The van der Waals surface area contributed by atoms with E-state index in [1.165, 1.54) is 0 Å². The largest absolute Gasteiger partial charge is 0.335 e. The second kappa shape index (κ2) is 6.95. The molecule has 0 spiro atoms. The van der Waals surface area contributed by atoms with Gasteiger partial charge in [-0.15, -0.1) is 0 Å². The topological polar surface area (TPSA) is 46.9 Å². The van der Waals surface area contributed by atoms with Gasteiger partial charge < -0.3 is 9.88 Å². The molecule has 1 aromatic rings. The van der Waals surface area contributed by atoms with Gasteiger partial charge in [0.05, 0.1) is 6.42 Å². The van der Waals surface area contributed by atoms with Crippen molar-refractivity contribution in [3.8, 4) is 0 Å². The van der Waals surface area contributed by atoms with Gasteiger partial charge in [0.1, 0.15) is 11.6 Å². The number of thioether (sulfide) groups is 1. The van der Waals surface area contributed by atoms with E-state index in [0.29, 0.717) is 24.7 Å². The van der Waals surface area contributed by atoms with Crippen molar-refractivity contribution in [2.75, 3.05) is 18.1 Å². The van der Waals surface area contributed by atoms with Crippen molar-refractivity contribution in [3.05, 3.63) is 18.2 Å². The molecule has 1 atom stereocenters. The third-order valence-electron chi connectivity index (χ3n) is 3.09. The minimum atomic E-state index is 0.290. The molecule has 0 bridgehead atoms. The van der Waals surface area contributed by atoms with Crippen molar-refractivity contribution in [2.24, 2.45) is 0 Å². The van der Waals surface area contributed by atoms with E-state index in [1.807, 2.05) is 18.0 Å². The molecule has 0 radical (unpaired) electrons. The SMILES string of the molecule is CCCn1ccnc1CC(=O)CC1CSCCN1. The lowest BCUT2D eigenvalue weighted by atomic mass is 10.1. The second-order valence-corrected chi connectivity index (χ2v) is 5.83. The number of rotatable bonds is 6. The minimum absolute atomic E-state index is 0.290. The normalized spacial score (nSPS) is 19.9. The summed E-state index contributed by atoms with van der Waals surface area (Å²) in [6, 6.07) is 0.353. The van der Waals surface area contributed by atoms with Crippen LogP contribution in [0.2, 0.25) is 0 Å². The number of Topliss-reactive ketones (excluding diaryl/α,β-unsaturated/α-hetero) is 1. The summed E-state index contributed by atoms with van der Waals surface area (Å²) in [5.41, 5.74) is 0. The second-order valence-electron chi connectivity index (χ2n) is 4.68. The molecule has 1 aliphatic rings. The van der Waals surface area contributed by atoms with Crippen LogP contribution in [-0.4, -0.2) is 39.4 Å². The first kappa shape index (κ1) is 13.6. The van der Waals surface area contributed by atoms with E-state index in [4.69, 9.17) is 0 Å². The fraction of sp³-hybridized carbons (Fsp3) is 0.692. The summed E-state index contributed by atoms with van der Waals surface area (Å²) in [7, 11) is 0. The molecule has 1 unspecified atom stereocenters. The summed E-state index contributed by atoms with van der Waals surface area (Å²) < 4.78 is 2.08. The highest BCUT2D eigenvalue weighted by molar-refractivity contribution is 7.99. The first-order valence-corrected chi connectivity index (χ1v) is 7.78. The molecule has 18 heavy (non-hydrogen) atoms. The van der Waals surface area contributed by atoms with Gasteiger partial charge in [-0.3, -0.25) is 4.79 Å². The van der Waals surface area contributed by atoms with Crippen LogP contribution >= 0.6 is 11.8 Å². The highest BCUT2D eigenvalue weighted by Gasteiger charge is 2.18. The van der Waals surface area contributed by atoms with E-state index >= 15 is 0 Å². The van der Waals surface area contributed by atoms with Crippen molar-refractivity contribution in [3.63, 3.8) is 0 Å². The number of hydrogen-bond donors (Lipinski definition) is 1. The number of aryl methyl sites for hydroxylation is 1.